The van der Waals surface area contributed by atoms with E-state index in [2.05, 4.69) is 4.98 Å². The van der Waals surface area contributed by atoms with Gasteiger partial charge in [0.05, 0.1) is 11.0 Å². The molecule has 1 N–H and O–H groups in total. The van der Waals surface area contributed by atoms with E-state index in [4.69, 9.17) is 9.84 Å². The summed E-state index contributed by atoms with van der Waals surface area (Å²) in [5.41, 5.74) is -0.382. The minimum absolute atomic E-state index is 0.0635. The van der Waals surface area contributed by atoms with Gasteiger partial charge in [0.1, 0.15) is 5.75 Å². The monoisotopic (exact) mass is 319 g/mol. The number of hydrogen-bond donors (Lipinski definition) is 1. The minimum atomic E-state index is -2.75. The summed E-state index contributed by atoms with van der Waals surface area (Å²) in [6.07, 6.45) is 2.16. The lowest BCUT2D eigenvalue weighted by Gasteiger charge is -2.23. The summed E-state index contributed by atoms with van der Waals surface area (Å²) in [5, 5.41) is 8.80. The highest BCUT2D eigenvalue weighted by molar-refractivity contribution is 5.87. The van der Waals surface area contributed by atoms with Gasteiger partial charge >= 0.3 is 5.97 Å². The van der Waals surface area contributed by atoms with E-state index in [-0.39, 0.29) is 11.4 Å². The van der Waals surface area contributed by atoms with E-state index in [0.29, 0.717) is 24.2 Å². The molecule has 0 bridgehead atoms. The highest BCUT2D eigenvalue weighted by Crippen LogP contribution is 2.58. The third-order valence-corrected chi connectivity index (χ3v) is 4.20. The van der Waals surface area contributed by atoms with Gasteiger partial charge in [0.25, 0.3) is 5.92 Å². The molecule has 0 atom stereocenters. The van der Waals surface area contributed by atoms with Crippen LogP contribution in [0.25, 0.3) is 0 Å². The molecule has 0 radical (unpaired) electrons. The fourth-order valence-corrected chi connectivity index (χ4v) is 2.64. The molecule has 0 unspecified atom stereocenters. The van der Waals surface area contributed by atoms with Gasteiger partial charge in [-0.1, -0.05) is 12.1 Å². The van der Waals surface area contributed by atoms with Crippen LogP contribution < -0.4 is 4.74 Å². The molecule has 0 spiro atoms. The first kappa shape index (κ1) is 15.4. The van der Waals surface area contributed by atoms with Crippen molar-refractivity contribution in [3.63, 3.8) is 0 Å². The average Bonchev–Trinajstić information content (AvgIpc) is 3.30. The third kappa shape index (κ3) is 2.88. The van der Waals surface area contributed by atoms with Gasteiger partial charge in [0.2, 0.25) is 5.88 Å². The maximum absolute atomic E-state index is 13.7. The second-order valence-corrected chi connectivity index (χ2v) is 5.79. The molecule has 1 aromatic carbocycles. The third-order valence-electron chi connectivity index (χ3n) is 4.20. The first-order chi connectivity index (χ1) is 10.8. The van der Waals surface area contributed by atoms with E-state index in [0.717, 1.165) is 6.92 Å². The Morgan fingerprint density at radius 3 is 2.30 bits per heavy atom. The van der Waals surface area contributed by atoms with Crippen molar-refractivity contribution >= 4 is 5.97 Å². The molecule has 23 heavy (non-hydrogen) atoms. The maximum Gasteiger partial charge on any atom is 0.337 e. The molecule has 0 aliphatic heterocycles. The first-order valence-corrected chi connectivity index (χ1v) is 7.17. The lowest BCUT2D eigenvalue weighted by molar-refractivity contribution is -0.0200. The Balaban J connectivity index is 1.74. The number of pyridine rings is 1. The van der Waals surface area contributed by atoms with Crippen LogP contribution in [-0.2, 0) is 5.41 Å². The predicted octanol–water partition coefficient (Wildman–Crippen LogP) is 4.26. The Morgan fingerprint density at radius 1 is 1.22 bits per heavy atom. The van der Waals surface area contributed by atoms with E-state index in [1.807, 2.05) is 0 Å². The Morgan fingerprint density at radius 2 is 1.87 bits per heavy atom. The zero-order valence-electron chi connectivity index (χ0n) is 12.4. The highest BCUT2D eigenvalue weighted by atomic mass is 19.3. The molecule has 1 heterocycles. The van der Waals surface area contributed by atoms with Crippen LogP contribution in [0.15, 0.2) is 42.6 Å². The molecule has 4 nitrogen and oxygen atoms in total. The Kier molecular flexibility index (Phi) is 3.55. The Hall–Kier alpha value is -2.50. The Bertz CT molecular complexity index is 717. The molecule has 1 aliphatic carbocycles. The van der Waals surface area contributed by atoms with E-state index >= 15 is 0 Å². The molecule has 1 aliphatic rings. The zero-order chi connectivity index (χ0) is 16.7. The van der Waals surface area contributed by atoms with Gasteiger partial charge in [-0.15, -0.1) is 0 Å². The van der Waals surface area contributed by atoms with Gasteiger partial charge in [-0.3, -0.25) is 0 Å². The number of rotatable bonds is 5. The number of carboxylic acids is 1. The van der Waals surface area contributed by atoms with Crippen molar-refractivity contribution in [2.45, 2.75) is 31.1 Å². The number of alkyl halides is 2. The van der Waals surface area contributed by atoms with Gasteiger partial charge in [0.15, 0.2) is 0 Å². The number of benzene rings is 1. The zero-order valence-corrected chi connectivity index (χ0v) is 12.4. The summed E-state index contributed by atoms with van der Waals surface area (Å²) in [5.74, 6) is -3.11. The summed E-state index contributed by atoms with van der Waals surface area (Å²) < 4.78 is 32.9. The smallest absolute Gasteiger partial charge is 0.337 e. The molecule has 1 saturated carbocycles. The number of aromatic carboxylic acids is 1. The number of ether oxygens (including phenoxy) is 1. The van der Waals surface area contributed by atoms with Gasteiger partial charge in [-0.05, 0) is 36.6 Å². The average molecular weight is 319 g/mol. The molecule has 1 fully saturated rings. The van der Waals surface area contributed by atoms with Crippen molar-refractivity contribution in [2.24, 2.45) is 0 Å². The molecule has 0 amide bonds. The van der Waals surface area contributed by atoms with Crippen LogP contribution in [0.1, 0.15) is 35.7 Å². The van der Waals surface area contributed by atoms with Crippen molar-refractivity contribution in [1.29, 1.82) is 0 Å². The van der Waals surface area contributed by atoms with Gasteiger partial charge in [0, 0.05) is 19.2 Å². The number of carboxylic acid groups (broad SMARTS) is 1. The van der Waals surface area contributed by atoms with Crippen LogP contribution in [-0.4, -0.2) is 22.0 Å². The van der Waals surface area contributed by atoms with Crippen LogP contribution in [0.5, 0.6) is 11.6 Å². The molecule has 3 rings (SSSR count). The fraction of sp³-hybridized carbons (Fsp3) is 0.294. The van der Waals surface area contributed by atoms with Crippen LogP contribution in [0.3, 0.4) is 0 Å². The largest absolute Gasteiger partial charge is 0.478 e. The van der Waals surface area contributed by atoms with E-state index < -0.39 is 17.3 Å². The van der Waals surface area contributed by atoms with Crippen molar-refractivity contribution in [3.8, 4) is 11.6 Å². The van der Waals surface area contributed by atoms with E-state index in [1.54, 1.807) is 24.3 Å². The summed E-state index contributed by atoms with van der Waals surface area (Å²) in [6.45, 7) is 0.957. The number of aromatic nitrogens is 1. The normalized spacial score (nSPS) is 16.0. The van der Waals surface area contributed by atoms with E-state index in [1.165, 1.54) is 18.3 Å². The number of hydrogen-bond acceptors (Lipinski definition) is 3. The van der Waals surface area contributed by atoms with Crippen molar-refractivity contribution in [2.75, 3.05) is 0 Å². The molecular weight excluding hydrogens is 304 g/mol. The highest BCUT2D eigenvalue weighted by Gasteiger charge is 2.59. The molecule has 120 valence electrons. The van der Waals surface area contributed by atoms with Gasteiger partial charge < -0.3 is 9.84 Å². The number of nitrogens with zero attached hydrogens (tertiary/aromatic N) is 1. The van der Waals surface area contributed by atoms with Gasteiger partial charge in [-0.2, -0.15) is 0 Å². The summed E-state index contributed by atoms with van der Waals surface area (Å²) in [7, 11) is 0. The van der Waals surface area contributed by atoms with Crippen LogP contribution >= 0.6 is 0 Å². The Labute approximate surface area is 131 Å². The quantitative estimate of drug-likeness (QED) is 0.894. The maximum atomic E-state index is 13.7. The molecule has 6 heteroatoms. The summed E-state index contributed by atoms with van der Waals surface area (Å²) in [6, 6.07) is 9.36. The molecule has 0 saturated heterocycles. The standard InChI is InChI=1S/C17H15F2NO3/c1-16(18,19)17(8-9-17)12-3-5-13(6-4-12)23-14-7-2-11(10-20-14)15(21)22/h2-7,10H,8-9H2,1H3,(H,21,22). The van der Waals surface area contributed by atoms with Crippen molar-refractivity contribution in [1.82, 2.24) is 4.98 Å². The van der Waals surface area contributed by atoms with Crippen LogP contribution in [0.4, 0.5) is 8.78 Å². The van der Waals surface area contributed by atoms with Crippen molar-refractivity contribution in [3.05, 3.63) is 53.7 Å². The van der Waals surface area contributed by atoms with Crippen LogP contribution in [0.2, 0.25) is 0 Å². The minimum Gasteiger partial charge on any atom is -0.478 e. The number of halogens is 2. The predicted molar refractivity (Wildman–Crippen MR) is 79.2 cm³/mol. The second kappa shape index (κ2) is 5.30. The first-order valence-electron chi connectivity index (χ1n) is 7.17. The number of carbonyl (C=O) groups is 1. The fourth-order valence-electron chi connectivity index (χ4n) is 2.64. The SMILES string of the molecule is CC(F)(F)C1(c2ccc(Oc3ccc(C(=O)O)cn3)cc2)CC1. The molecular formula is C17H15F2NO3. The lowest BCUT2D eigenvalue weighted by atomic mass is 9.90. The summed E-state index contributed by atoms with van der Waals surface area (Å²) in [4.78, 5) is 14.6. The van der Waals surface area contributed by atoms with Crippen LogP contribution in [0, 0.1) is 0 Å². The topological polar surface area (TPSA) is 59.4 Å². The summed E-state index contributed by atoms with van der Waals surface area (Å²) >= 11 is 0. The van der Waals surface area contributed by atoms with Crippen molar-refractivity contribution < 1.29 is 23.4 Å². The molecule has 1 aromatic heterocycles. The molecule has 2 aromatic rings. The van der Waals surface area contributed by atoms with E-state index in [9.17, 15) is 13.6 Å². The second-order valence-electron chi connectivity index (χ2n) is 5.79. The lowest BCUT2D eigenvalue weighted by Crippen LogP contribution is -2.29. The van der Waals surface area contributed by atoms with Gasteiger partial charge in [-0.25, -0.2) is 18.6 Å².